The van der Waals surface area contributed by atoms with E-state index in [-0.39, 0.29) is 0 Å². The van der Waals surface area contributed by atoms with Gasteiger partial charge >= 0.3 is 0 Å². The second-order valence-corrected chi connectivity index (χ2v) is 3.10. The minimum Gasteiger partial charge on any atom is -0.394 e. The topological polar surface area (TPSA) is 12.0 Å². The first-order chi connectivity index (χ1) is 5.16. The first-order valence-corrected chi connectivity index (χ1v) is 4.13. The number of allylic oxidation sites excluding steroid dienone is 3. The molecule has 0 bridgehead atoms. The summed E-state index contributed by atoms with van der Waals surface area (Å²) in [5.74, 6) is 0. The smallest absolute Gasteiger partial charge is 0.00276 e. The molecule has 0 amide bonds. The molecule has 1 nitrogen and oxygen atoms in total. The van der Waals surface area contributed by atoms with Gasteiger partial charge in [-0.1, -0.05) is 17.2 Å². The highest BCUT2D eigenvalue weighted by atomic mass is 14.8. The van der Waals surface area contributed by atoms with Crippen LogP contribution in [0.15, 0.2) is 23.4 Å². The lowest BCUT2D eigenvalue weighted by atomic mass is 10.1. The zero-order valence-electron chi connectivity index (χ0n) is 8.07. The van der Waals surface area contributed by atoms with Crippen LogP contribution in [0.4, 0.5) is 0 Å². The van der Waals surface area contributed by atoms with Crippen LogP contribution in [0.2, 0.25) is 0 Å². The van der Waals surface area contributed by atoms with Crippen LogP contribution in [0.25, 0.3) is 0 Å². The van der Waals surface area contributed by atoms with Crippen molar-refractivity contribution in [3.05, 3.63) is 23.4 Å². The fourth-order valence-electron chi connectivity index (χ4n) is 0.907. The fraction of sp³-hybridized carbons (Fsp3) is 0.600. The standard InChI is InChI=1S/C10H19N/c1-9(2)6-5-7-10(3)8-11-4/h6,8,11H,5,7H2,1-4H3/b10-8+. The third-order valence-electron chi connectivity index (χ3n) is 1.48. The lowest BCUT2D eigenvalue weighted by molar-refractivity contribution is 0.936. The van der Waals surface area contributed by atoms with Crippen LogP contribution >= 0.6 is 0 Å². The van der Waals surface area contributed by atoms with E-state index in [1.165, 1.54) is 11.1 Å². The van der Waals surface area contributed by atoms with Crippen LogP contribution in [0.1, 0.15) is 33.6 Å². The molecule has 0 unspecified atom stereocenters. The van der Waals surface area contributed by atoms with Gasteiger partial charge in [0.2, 0.25) is 0 Å². The average Bonchev–Trinajstić information content (AvgIpc) is 1.87. The van der Waals surface area contributed by atoms with Crippen molar-refractivity contribution in [3.8, 4) is 0 Å². The predicted molar refractivity (Wildman–Crippen MR) is 51.5 cm³/mol. The van der Waals surface area contributed by atoms with Crippen molar-refractivity contribution in [3.63, 3.8) is 0 Å². The molecule has 0 spiro atoms. The SMILES string of the molecule is CN/C=C(\C)CCC=C(C)C. The predicted octanol–water partition coefficient (Wildman–Crippen LogP) is 2.86. The third-order valence-corrected chi connectivity index (χ3v) is 1.48. The molecule has 0 radical (unpaired) electrons. The van der Waals surface area contributed by atoms with Gasteiger partial charge in [-0.2, -0.15) is 0 Å². The zero-order chi connectivity index (χ0) is 8.69. The maximum Gasteiger partial charge on any atom is 0.00276 e. The summed E-state index contributed by atoms with van der Waals surface area (Å²) >= 11 is 0. The zero-order valence-corrected chi connectivity index (χ0v) is 8.07. The van der Waals surface area contributed by atoms with Crippen LogP contribution in [0.5, 0.6) is 0 Å². The van der Waals surface area contributed by atoms with Crippen molar-refractivity contribution in [2.24, 2.45) is 0 Å². The molecule has 1 heteroatoms. The van der Waals surface area contributed by atoms with Crippen molar-refractivity contribution in [1.29, 1.82) is 0 Å². The summed E-state index contributed by atoms with van der Waals surface area (Å²) < 4.78 is 0. The minimum absolute atomic E-state index is 1.16. The lowest BCUT2D eigenvalue weighted by Gasteiger charge is -1.97. The second kappa shape index (κ2) is 6.02. The maximum atomic E-state index is 3.02. The first-order valence-electron chi connectivity index (χ1n) is 4.13. The molecule has 0 saturated heterocycles. The molecule has 0 saturated carbocycles. The summed E-state index contributed by atoms with van der Waals surface area (Å²) in [6.45, 7) is 6.42. The van der Waals surface area contributed by atoms with Crippen LogP contribution in [-0.2, 0) is 0 Å². The van der Waals surface area contributed by atoms with Gasteiger partial charge in [0.15, 0.2) is 0 Å². The second-order valence-electron chi connectivity index (χ2n) is 3.10. The van der Waals surface area contributed by atoms with Crippen LogP contribution < -0.4 is 5.32 Å². The Hall–Kier alpha value is -0.720. The average molecular weight is 153 g/mol. The Morgan fingerprint density at radius 1 is 1.27 bits per heavy atom. The van der Waals surface area contributed by atoms with Gasteiger partial charge < -0.3 is 5.32 Å². The van der Waals surface area contributed by atoms with Crippen molar-refractivity contribution in [1.82, 2.24) is 5.32 Å². The van der Waals surface area contributed by atoms with Gasteiger partial charge in [0, 0.05) is 7.05 Å². The molecule has 0 aromatic carbocycles. The van der Waals surface area contributed by atoms with E-state index < -0.39 is 0 Å². The number of hydrogen-bond donors (Lipinski definition) is 1. The molecule has 0 heterocycles. The Kier molecular flexibility index (Phi) is 5.63. The molecular formula is C10H19N. The summed E-state index contributed by atoms with van der Waals surface area (Å²) in [6, 6.07) is 0. The van der Waals surface area contributed by atoms with Gasteiger partial charge in [0.05, 0.1) is 0 Å². The molecule has 0 aromatic heterocycles. The van der Waals surface area contributed by atoms with E-state index >= 15 is 0 Å². The van der Waals surface area contributed by atoms with E-state index in [0.29, 0.717) is 0 Å². The first kappa shape index (κ1) is 10.3. The van der Waals surface area contributed by atoms with Crippen molar-refractivity contribution >= 4 is 0 Å². The Balaban J connectivity index is 3.54. The molecule has 0 rings (SSSR count). The molecule has 64 valence electrons. The molecule has 0 fully saturated rings. The van der Waals surface area contributed by atoms with Crippen LogP contribution in [-0.4, -0.2) is 7.05 Å². The molecular weight excluding hydrogens is 134 g/mol. The van der Waals surface area contributed by atoms with Crippen LogP contribution in [0.3, 0.4) is 0 Å². The van der Waals surface area contributed by atoms with E-state index in [1.54, 1.807) is 0 Å². The normalized spacial score (nSPS) is 11.1. The van der Waals surface area contributed by atoms with Gasteiger partial charge in [-0.15, -0.1) is 0 Å². The Bertz CT molecular complexity index is 150. The van der Waals surface area contributed by atoms with Gasteiger partial charge in [-0.25, -0.2) is 0 Å². The molecule has 0 aliphatic carbocycles. The maximum absolute atomic E-state index is 3.02. The summed E-state index contributed by atoms with van der Waals surface area (Å²) in [7, 11) is 1.93. The molecule has 0 aromatic rings. The number of nitrogens with one attached hydrogen (secondary N) is 1. The third kappa shape index (κ3) is 7.17. The molecule has 0 aliphatic rings. The molecule has 0 atom stereocenters. The Labute approximate surface area is 70.2 Å². The summed E-state index contributed by atoms with van der Waals surface area (Å²) in [5, 5.41) is 3.02. The quantitative estimate of drug-likeness (QED) is 0.612. The Morgan fingerprint density at radius 3 is 2.36 bits per heavy atom. The molecule has 1 N–H and O–H groups in total. The molecule has 11 heavy (non-hydrogen) atoms. The monoisotopic (exact) mass is 153 g/mol. The van der Waals surface area contributed by atoms with Gasteiger partial charge in [-0.3, -0.25) is 0 Å². The lowest BCUT2D eigenvalue weighted by Crippen LogP contribution is -1.94. The number of hydrogen-bond acceptors (Lipinski definition) is 1. The largest absolute Gasteiger partial charge is 0.394 e. The Morgan fingerprint density at radius 2 is 1.91 bits per heavy atom. The van der Waals surface area contributed by atoms with E-state index in [2.05, 4.69) is 38.4 Å². The highest BCUT2D eigenvalue weighted by Gasteiger charge is 1.86. The van der Waals surface area contributed by atoms with E-state index in [1.807, 2.05) is 7.05 Å². The van der Waals surface area contributed by atoms with Gasteiger partial charge in [0.1, 0.15) is 0 Å². The minimum atomic E-state index is 1.16. The highest BCUT2D eigenvalue weighted by molar-refractivity contribution is 5.00. The summed E-state index contributed by atoms with van der Waals surface area (Å²) in [5.41, 5.74) is 2.81. The van der Waals surface area contributed by atoms with Gasteiger partial charge in [0.25, 0.3) is 0 Å². The van der Waals surface area contributed by atoms with E-state index in [4.69, 9.17) is 0 Å². The fourth-order valence-corrected chi connectivity index (χ4v) is 0.907. The molecule has 0 aliphatic heterocycles. The van der Waals surface area contributed by atoms with Crippen LogP contribution in [0, 0.1) is 0 Å². The summed E-state index contributed by atoms with van der Waals surface area (Å²) in [6.07, 6.45) is 6.64. The van der Waals surface area contributed by atoms with Crippen molar-refractivity contribution in [2.45, 2.75) is 33.6 Å². The van der Waals surface area contributed by atoms with E-state index in [9.17, 15) is 0 Å². The van der Waals surface area contributed by atoms with Gasteiger partial charge in [-0.05, 0) is 39.8 Å². The number of rotatable bonds is 4. The summed E-state index contributed by atoms with van der Waals surface area (Å²) in [4.78, 5) is 0. The highest BCUT2D eigenvalue weighted by Crippen LogP contribution is 2.04. The van der Waals surface area contributed by atoms with Crippen molar-refractivity contribution in [2.75, 3.05) is 7.05 Å². The van der Waals surface area contributed by atoms with E-state index in [0.717, 1.165) is 12.8 Å². The van der Waals surface area contributed by atoms with Crippen molar-refractivity contribution < 1.29 is 0 Å².